The molecular formula is C12H9Cl3N2. The highest BCUT2D eigenvalue weighted by Gasteiger charge is 2.10. The molecule has 0 spiro atoms. The molecule has 0 N–H and O–H groups in total. The molecule has 0 aliphatic rings. The highest BCUT2D eigenvalue weighted by molar-refractivity contribution is 6.42. The zero-order valence-corrected chi connectivity index (χ0v) is 11.5. The molecule has 1 heterocycles. The van der Waals surface area contributed by atoms with Gasteiger partial charge in [-0.1, -0.05) is 40.9 Å². The summed E-state index contributed by atoms with van der Waals surface area (Å²) in [5, 5.41) is 1.34. The van der Waals surface area contributed by atoms with E-state index in [1.54, 1.807) is 12.1 Å². The molecule has 1 aromatic heterocycles. The van der Waals surface area contributed by atoms with Crippen LogP contribution in [0.1, 0.15) is 11.4 Å². The molecule has 1 aromatic carbocycles. The first kappa shape index (κ1) is 12.6. The Morgan fingerprint density at radius 2 is 1.53 bits per heavy atom. The molecule has 0 aliphatic carbocycles. The highest BCUT2D eigenvalue weighted by Crippen LogP contribution is 2.30. The quantitative estimate of drug-likeness (QED) is 0.758. The van der Waals surface area contributed by atoms with Crippen molar-refractivity contribution >= 4 is 34.8 Å². The Bertz CT molecular complexity index is 582. The molecule has 0 saturated carbocycles. The van der Waals surface area contributed by atoms with Crippen LogP contribution in [-0.4, -0.2) is 9.97 Å². The molecule has 0 aliphatic heterocycles. The SMILES string of the molecule is Cc1nc(Cl)c(-c2ccc(Cl)c(Cl)c2)nc1C. The summed E-state index contributed by atoms with van der Waals surface area (Å²) in [6.07, 6.45) is 0. The first-order valence-corrected chi connectivity index (χ1v) is 6.08. The van der Waals surface area contributed by atoms with E-state index in [0.717, 1.165) is 17.0 Å². The summed E-state index contributed by atoms with van der Waals surface area (Å²) in [4.78, 5) is 8.65. The minimum atomic E-state index is 0.367. The monoisotopic (exact) mass is 286 g/mol. The number of rotatable bonds is 1. The van der Waals surface area contributed by atoms with Crippen molar-refractivity contribution < 1.29 is 0 Å². The van der Waals surface area contributed by atoms with Gasteiger partial charge >= 0.3 is 0 Å². The van der Waals surface area contributed by atoms with Gasteiger partial charge < -0.3 is 0 Å². The van der Waals surface area contributed by atoms with Gasteiger partial charge in [-0.3, -0.25) is 0 Å². The molecule has 0 fully saturated rings. The fourth-order valence-corrected chi connectivity index (χ4v) is 1.98. The zero-order valence-electron chi connectivity index (χ0n) is 9.26. The lowest BCUT2D eigenvalue weighted by Gasteiger charge is -2.07. The Morgan fingerprint density at radius 3 is 2.18 bits per heavy atom. The fraction of sp³-hybridized carbons (Fsp3) is 0.167. The Labute approximate surface area is 115 Å². The molecule has 0 amide bonds. The van der Waals surface area contributed by atoms with Gasteiger partial charge in [0, 0.05) is 5.56 Å². The molecule has 17 heavy (non-hydrogen) atoms. The summed E-state index contributed by atoms with van der Waals surface area (Å²) in [6.45, 7) is 3.76. The first-order chi connectivity index (χ1) is 7.99. The number of benzene rings is 1. The van der Waals surface area contributed by atoms with Crippen LogP contribution in [0, 0.1) is 13.8 Å². The molecule has 0 bridgehead atoms. The van der Waals surface area contributed by atoms with Crippen LogP contribution in [0.4, 0.5) is 0 Å². The lowest BCUT2D eigenvalue weighted by molar-refractivity contribution is 1.05. The number of hydrogen-bond donors (Lipinski definition) is 0. The topological polar surface area (TPSA) is 25.8 Å². The fourth-order valence-electron chi connectivity index (χ4n) is 1.40. The lowest BCUT2D eigenvalue weighted by Crippen LogP contribution is -1.96. The summed E-state index contributed by atoms with van der Waals surface area (Å²) >= 11 is 17.9. The lowest BCUT2D eigenvalue weighted by atomic mass is 10.1. The van der Waals surface area contributed by atoms with Crippen molar-refractivity contribution in [2.45, 2.75) is 13.8 Å². The number of halogens is 3. The van der Waals surface area contributed by atoms with Crippen LogP contribution < -0.4 is 0 Å². The van der Waals surface area contributed by atoms with E-state index in [2.05, 4.69) is 9.97 Å². The normalized spacial score (nSPS) is 10.6. The largest absolute Gasteiger partial charge is 0.248 e. The second kappa shape index (κ2) is 4.81. The summed E-state index contributed by atoms with van der Waals surface area (Å²) in [6, 6.07) is 5.26. The highest BCUT2D eigenvalue weighted by atomic mass is 35.5. The molecule has 88 valence electrons. The second-order valence-electron chi connectivity index (χ2n) is 3.66. The number of aryl methyl sites for hydroxylation is 2. The molecule has 0 saturated heterocycles. The minimum Gasteiger partial charge on any atom is -0.248 e. The Morgan fingerprint density at radius 1 is 0.882 bits per heavy atom. The van der Waals surface area contributed by atoms with Gasteiger partial charge in [-0.25, -0.2) is 9.97 Å². The molecule has 2 aromatic rings. The van der Waals surface area contributed by atoms with Crippen molar-refractivity contribution in [3.05, 3.63) is 44.8 Å². The van der Waals surface area contributed by atoms with Gasteiger partial charge in [-0.2, -0.15) is 0 Å². The van der Waals surface area contributed by atoms with Crippen molar-refractivity contribution in [2.24, 2.45) is 0 Å². The number of nitrogens with zero attached hydrogens (tertiary/aromatic N) is 2. The van der Waals surface area contributed by atoms with Gasteiger partial charge in [0.2, 0.25) is 0 Å². The number of aromatic nitrogens is 2. The summed E-state index contributed by atoms with van der Waals surface area (Å²) in [5.41, 5.74) is 3.09. The van der Waals surface area contributed by atoms with Crippen molar-refractivity contribution in [3.8, 4) is 11.3 Å². The maximum absolute atomic E-state index is 6.08. The minimum absolute atomic E-state index is 0.367. The van der Waals surface area contributed by atoms with Gasteiger partial charge in [0.25, 0.3) is 0 Å². The number of hydrogen-bond acceptors (Lipinski definition) is 2. The molecular weight excluding hydrogens is 279 g/mol. The average molecular weight is 288 g/mol. The third kappa shape index (κ3) is 2.54. The predicted molar refractivity (Wildman–Crippen MR) is 72.0 cm³/mol. The van der Waals surface area contributed by atoms with E-state index in [9.17, 15) is 0 Å². The summed E-state index contributed by atoms with van der Waals surface area (Å²) in [7, 11) is 0. The Kier molecular flexibility index (Phi) is 3.57. The molecule has 0 atom stereocenters. The van der Waals surface area contributed by atoms with Crippen LogP contribution in [0.5, 0.6) is 0 Å². The van der Waals surface area contributed by atoms with Crippen molar-refractivity contribution in [2.75, 3.05) is 0 Å². The maximum atomic E-state index is 6.08. The average Bonchev–Trinajstić information content (AvgIpc) is 2.27. The standard InChI is InChI=1S/C12H9Cl3N2/c1-6-7(2)17-12(15)11(16-6)8-3-4-9(13)10(14)5-8/h3-5H,1-2H3. The van der Waals surface area contributed by atoms with Crippen LogP contribution in [0.3, 0.4) is 0 Å². The van der Waals surface area contributed by atoms with E-state index in [-0.39, 0.29) is 0 Å². The van der Waals surface area contributed by atoms with Crippen LogP contribution >= 0.6 is 34.8 Å². The van der Waals surface area contributed by atoms with Crippen LogP contribution in [0.25, 0.3) is 11.3 Å². The molecule has 0 radical (unpaired) electrons. The molecule has 5 heteroatoms. The van der Waals surface area contributed by atoms with E-state index in [4.69, 9.17) is 34.8 Å². The van der Waals surface area contributed by atoms with Gasteiger partial charge in [-0.05, 0) is 26.0 Å². The first-order valence-electron chi connectivity index (χ1n) is 4.95. The van der Waals surface area contributed by atoms with E-state index < -0.39 is 0 Å². The molecule has 2 rings (SSSR count). The van der Waals surface area contributed by atoms with Crippen LogP contribution in [0.2, 0.25) is 15.2 Å². The summed E-state index contributed by atoms with van der Waals surface area (Å²) < 4.78 is 0. The summed E-state index contributed by atoms with van der Waals surface area (Å²) in [5.74, 6) is 0. The maximum Gasteiger partial charge on any atom is 0.155 e. The molecule has 0 unspecified atom stereocenters. The van der Waals surface area contributed by atoms with E-state index in [0.29, 0.717) is 20.9 Å². The van der Waals surface area contributed by atoms with Gasteiger partial charge in [0.1, 0.15) is 5.69 Å². The van der Waals surface area contributed by atoms with Crippen molar-refractivity contribution in [1.29, 1.82) is 0 Å². The van der Waals surface area contributed by atoms with Gasteiger partial charge in [0.15, 0.2) is 5.15 Å². The van der Waals surface area contributed by atoms with Gasteiger partial charge in [0.05, 0.1) is 21.4 Å². The van der Waals surface area contributed by atoms with Gasteiger partial charge in [-0.15, -0.1) is 0 Å². The van der Waals surface area contributed by atoms with E-state index in [1.165, 1.54) is 0 Å². The Hall–Kier alpha value is -0.830. The third-order valence-electron chi connectivity index (χ3n) is 2.46. The van der Waals surface area contributed by atoms with E-state index >= 15 is 0 Å². The smallest absolute Gasteiger partial charge is 0.155 e. The zero-order chi connectivity index (χ0) is 12.6. The van der Waals surface area contributed by atoms with Crippen LogP contribution in [-0.2, 0) is 0 Å². The van der Waals surface area contributed by atoms with E-state index in [1.807, 2.05) is 19.9 Å². The Balaban J connectivity index is 2.60. The third-order valence-corrected chi connectivity index (χ3v) is 3.46. The predicted octanol–water partition coefficient (Wildman–Crippen LogP) is 4.72. The molecule has 2 nitrogen and oxygen atoms in total. The van der Waals surface area contributed by atoms with Crippen molar-refractivity contribution in [1.82, 2.24) is 9.97 Å². The van der Waals surface area contributed by atoms with Crippen molar-refractivity contribution in [3.63, 3.8) is 0 Å². The van der Waals surface area contributed by atoms with Crippen LogP contribution in [0.15, 0.2) is 18.2 Å². The second-order valence-corrected chi connectivity index (χ2v) is 4.84.